The topological polar surface area (TPSA) is 73.8 Å². The van der Waals surface area contributed by atoms with E-state index in [1.165, 1.54) is 5.00 Å². The molecule has 28 heavy (non-hydrogen) atoms. The maximum Gasteiger partial charge on any atom is 0.191 e. The van der Waals surface area contributed by atoms with E-state index in [1.807, 2.05) is 13.0 Å². The van der Waals surface area contributed by atoms with Gasteiger partial charge in [0.1, 0.15) is 0 Å². The van der Waals surface area contributed by atoms with Crippen molar-refractivity contribution >= 4 is 32.1 Å². The van der Waals surface area contributed by atoms with Crippen molar-refractivity contribution < 1.29 is 8.42 Å². The minimum atomic E-state index is -3.30. The molecule has 0 radical (unpaired) electrons. The fraction of sp³-hybridized carbons (Fsp3) is 0.450. The number of nitrogens with one attached hydrogen (secondary N) is 2. The Hall–Kier alpha value is -2.06. The Morgan fingerprint density at radius 2 is 1.93 bits per heavy atom. The van der Waals surface area contributed by atoms with Crippen molar-refractivity contribution in [2.75, 3.05) is 36.8 Å². The molecule has 1 aliphatic heterocycles. The second kappa shape index (κ2) is 9.93. The van der Waals surface area contributed by atoms with E-state index >= 15 is 0 Å². The molecule has 8 heteroatoms. The van der Waals surface area contributed by atoms with E-state index in [1.54, 1.807) is 35.6 Å². The molecule has 0 saturated carbocycles. The van der Waals surface area contributed by atoms with Crippen molar-refractivity contribution in [3.05, 3.63) is 47.8 Å². The first-order chi connectivity index (χ1) is 13.6. The van der Waals surface area contributed by atoms with E-state index < -0.39 is 9.84 Å². The van der Waals surface area contributed by atoms with Crippen LogP contribution in [0.4, 0.5) is 5.00 Å². The summed E-state index contributed by atoms with van der Waals surface area (Å²) in [5, 5.41) is 10.1. The predicted octanol–water partition coefficient (Wildman–Crippen LogP) is 2.75. The van der Waals surface area contributed by atoms with Crippen LogP contribution in [0, 0.1) is 0 Å². The molecule has 3 rings (SSSR count). The van der Waals surface area contributed by atoms with Crippen LogP contribution in [0.2, 0.25) is 0 Å². The fourth-order valence-electron chi connectivity index (χ4n) is 3.23. The highest BCUT2D eigenvalue weighted by atomic mass is 32.2. The van der Waals surface area contributed by atoms with Gasteiger partial charge < -0.3 is 15.5 Å². The van der Waals surface area contributed by atoms with Gasteiger partial charge in [-0.2, -0.15) is 0 Å². The zero-order valence-electron chi connectivity index (χ0n) is 16.2. The van der Waals surface area contributed by atoms with Crippen LogP contribution < -0.4 is 15.5 Å². The van der Waals surface area contributed by atoms with Crippen molar-refractivity contribution in [3.8, 4) is 0 Å². The van der Waals surface area contributed by atoms with E-state index in [0.717, 1.165) is 32.5 Å². The van der Waals surface area contributed by atoms with Gasteiger partial charge in [-0.15, -0.1) is 11.3 Å². The number of guanidine groups is 1. The molecular weight excluding hydrogens is 392 g/mol. The van der Waals surface area contributed by atoms with Gasteiger partial charge in [0.15, 0.2) is 15.8 Å². The van der Waals surface area contributed by atoms with Crippen LogP contribution in [0.5, 0.6) is 0 Å². The molecule has 1 aromatic heterocycles. The third-order valence-electron chi connectivity index (χ3n) is 4.73. The number of thiophene rings is 1. The standard InChI is InChI=1S/C20H28N4O2S2/c1-2-21-20(22-12-16-28(25,26)18-7-4-3-5-8-18)23-17-10-13-24(14-11-17)19-9-6-15-27-19/h3-9,15,17H,2,10-14,16H2,1H3,(H2,21,22,23). The van der Waals surface area contributed by atoms with Crippen LogP contribution >= 0.6 is 11.3 Å². The maximum atomic E-state index is 12.4. The smallest absolute Gasteiger partial charge is 0.191 e. The first-order valence-electron chi connectivity index (χ1n) is 9.69. The number of anilines is 1. The largest absolute Gasteiger partial charge is 0.363 e. The third kappa shape index (κ3) is 5.72. The summed E-state index contributed by atoms with van der Waals surface area (Å²) >= 11 is 1.78. The first-order valence-corrected chi connectivity index (χ1v) is 12.2. The van der Waals surface area contributed by atoms with Crippen LogP contribution in [0.1, 0.15) is 19.8 Å². The highest BCUT2D eigenvalue weighted by Gasteiger charge is 2.21. The molecule has 2 N–H and O–H groups in total. The highest BCUT2D eigenvalue weighted by molar-refractivity contribution is 7.91. The average molecular weight is 421 g/mol. The number of hydrogen-bond acceptors (Lipinski definition) is 5. The number of rotatable bonds is 7. The van der Waals surface area contributed by atoms with Gasteiger partial charge in [-0.3, -0.25) is 4.99 Å². The van der Waals surface area contributed by atoms with E-state index in [2.05, 4.69) is 38.0 Å². The summed E-state index contributed by atoms with van der Waals surface area (Å²) < 4.78 is 24.8. The van der Waals surface area contributed by atoms with Crippen LogP contribution in [0.3, 0.4) is 0 Å². The van der Waals surface area contributed by atoms with E-state index in [-0.39, 0.29) is 12.3 Å². The van der Waals surface area contributed by atoms with Crippen LogP contribution in [-0.4, -0.2) is 52.4 Å². The summed E-state index contributed by atoms with van der Waals surface area (Å²) in [5.74, 6) is 0.699. The zero-order valence-corrected chi connectivity index (χ0v) is 17.8. The van der Waals surface area contributed by atoms with Crippen molar-refractivity contribution in [2.45, 2.75) is 30.7 Å². The van der Waals surface area contributed by atoms with Crippen molar-refractivity contribution in [1.82, 2.24) is 10.6 Å². The first kappa shape index (κ1) is 20.7. The van der Waals surface area contributed by atoms with Gasteiger partial charge in [-0.25, -0.2) is 8.42 Å². The van der Waals surface area contributed by atoms with E-state index in [0.29, 0.717) is 16.9 Å². The highest BCUT2D eigenvalue weighted by Crippen LogP contribution is 2.24. The Labute approximate surface area is 171 Å². The van der Waals surface area contributed by atoms with Crippen LogP contribution in [0.15, 0.2) is 57.7 Å². The molecule has 1 aromatic carbocycles. The summed E-state index contributed by atoms with van der Waals surface area (Å²) in [6, 6.07) is 13.1. The molecule has 0 spiro atoms. The number of nitrogens with zero attached hydrogens (tertiary/aromatic N) is 2. The van der Waals surface area contributed by atoms with E-state index in [4.69, 9.17) is 0 Å². The Morgan fingerprint density at radius 3 is 2.57 bits per heavy atom. The number of benzene rings is 1. The molecule has 0 atom stereocenters. The quantitative estimate of drug-likeness (QED) is 0.532. The fourth-order valence-corrected chi connectivity index (χ4v) is 5.16. The van der Waals surface area contributed by atoms with E-state index in [9.17, 15) is 8.42 Å². The second-order valence-corrected chi connectivity index (χ2v) is 9.78. The predicted molar refractivity (Wildman–Crippen MR) is 117 cm³/mol. The molecule has 1 fully saturated rings. The van der Waals surface area contributed by atoms with Gasteiger partial charge in [-0.05, 0) is 49.4 Å². The molecule has 152 valence electrons. The Bertz CT molecular complexity index is 844. The van der Waals surface area contributed by atoms with Gasteiger partial charge in [0, 0.05) is 25.7 Å². The summed E-state index contributed by atoms with van der Waals surface area (Å²) in [4.78, 5) is 7.26. The van der Waals surface area contributed by atoms with Gasteiger partial charge in [-0.1, -0.05) is 18.2 Å². The van der Waals surface area contributed by atoms with Gasteiger partial charge in [0.2, 0.25) is 0 Å². The SMILES string of the molecule is CCNC(=NCCS(=O)(=O)c1ccccc1)NC1CCN(c2cccs2)CC1. The van der Waals surface area contributed by atoms with Gasteiger partial charge >= 0.3 is 0 Å². The van der Waals surface area contributed by atoms with Crippen molar-refractivity contribution in [2.24, 2.45) is 4.99 Å². The van der Waals surface area contributed by atoms with Crippen molar-refractivity contribution in [3.63, 3.8) is 0 Å². The van der Waals surface area contributed by atoms with Crippen molar-refractivity contribution in [1.29, 1.82) is 0 Å². The molecule has 0 aliphatic carbocycles. The number of piperidine rings is 1. The average Bonchev–Trinajstić information content (AvgIpc) is 3.24. The normalized spacial score (nSPS) is 16.2. The molecule has 1 aliphatic rings. The third-order valence-corrected chi connectivity index (χ3v) is 7.37. The lowest BCUT2D eigenvalue weighted by molar-refractivity contribution is 0.463. The summed E-state index contributed by atoms with van der Waals surface area (Å²) in [5.41, 5.74) is 0. The lowest BCUT2D eigenvalue weighted by Crippen LogP contribution is -2.48. The number of sulfone groups is 1. The Kier molecular flexibility index (Phi) is 7.33. The summed E-state index contributed by atoms with van der Waals surface area (Å²) in [6.07, 6.45) is 2.06. The Morgan fingerprint density at radius 1 is 1.18 bits per heavy atom. The number of aliphatic imine (C=N–C) groups is 1. The van der Waals surface area contributed by atoms with Crippen LogP contribution in [-0.2, 0) is 9.84 Å². The summed E-state index contributed by atoms with van der Waals surface area (Å²) in [6.45, 7) is 5.02. The van der Waals surface area contributed by atoms with Gasteiger partial charge in [0.05, 0.1) is 22.2 Å². The lowest BCUT2D eigenvalue weighted by Gasteiger charge is -2.33. The second-order valence-electron chi connectivity index (χ2n) is 6.75. The molecule has 2 aromatic rings. The molecule has 0 unspecified atom stereocenters. The minimum absolute atomic E-state index is 0.00437. The maximum absolute atomic E-state index is 12.4. The zero-order chi connectivity index (χ0) is 19.8. The molecule has 2 heterocycles. The molecule has 1 saturated heterocycles. The number of hydrogen-bond donors (Lipinski definition) is 2. The minimum Gasteiger partial charge on any atom is -0.363 e. The van der Waals surface area contributed by atoms with Crippen LogP contribution in [0.25, 0.3) is 0 Å². The molecule has 0 amide bonds. The summed E-state index contributed by atoms with van der Waals surface area (Å²) in [7, 11) is -3.30. The molecule has 0 bridgehead atoms. The van der Waals surface area contributed by atoms with Gasteiger partial charge in [0.25, 0.3) is 0 Å². The molecular formula is C20H28N4O2S2. The lowest BCUT2D eigenvalue weighted by atomic mass is 10.1. The Balaban J connectivity index is 1.52. The monoisotopic (exact) mass is 420 g/mol. The molecule has 6 nitrogen and oxygen atoms in total.